The smallest absolute Gasteiger partial charge is 0.271 e. The lowest BCUT2D eigenvalue weighted by atomic mass is 9.95. The van der Waals surface area contributed by atoms with E-state index >= 15 is 0 Å². The normalized spacial score (nSPS) is 17.6. The monoisotopic (exact) mass is 538 g/mol. The van der Waals surface area contributed by atoms with Crippen LogP contribution >= 0.6 is 11.3 Å². The fourth-order valence-corrected chi connectivity index (χ4v) is 6.29. The Kier molecular flexibility index (Phi) is 6.07. The van der Waals surface area contributed by atoms with Gasteiger partial charge in [-0.1, -0.05) is 59.9 Å². The van der Waals surface area contributed by atoms with Gasteiger partial charge in [-0.3, -0.25) is 19.0 Å². The van der Waals surface area contributed by atoms with Gasteiger partial charge < -0.3 is 10.2 Å². The minimum Gasteiger partial charge on any atom is -0.322 e. The number of hydrogen-bond donors (Lipinski definition) is 1. The van der Waals surface area contributed by atoms with Crippen molar-refractivity contribution in [2.45, 2.75) is 19.9 Å². The zero-order valence-electron chi connectivity index (χ0n) is 21.1. The summed E-state index contributed by atoms with van der Waals surface area (Å²) in [5.41, 5.74) is 3.17. The van der Waals surface area contributed by atoms with Crippen LogP contribution in [-0.2, 0) is 9.59 Å². The third-order valence-corrected chi connectivity index (χ3v) is 7.98. The molecule has 2 aliphatic rings. The molecule has 0 radical (unpaired) electrons. The molecule has 1 atom stereocenters. The third-order valence-electron chi connectivity index (χ3n) is 6.93. The number of anilines is 2. The first-order valence-corrected chi connectivity index (χ1v) is 13.3. The Morgan fingerprint density at radius 1 is 1.00 bits per heavy atom. The average Bonchev–Trinajstić information content (AvgIpc) is 3.40. The van der Waals surface area contributed by atoms with Gasteiger partial charge in [0.15, 0.2) is 4.80 Å². The molecule has 0 bridgehead atoms. The van der Waals surface area contributed by atoms with E-state index in [0.717, 1.165) is 17.0 Å². The summed E-state index contributed by atoms with van der Waals surface area (Å²) < 4.78 is 15.6. The number of halogens is 1. The van der Waals surface area contributed by atoms with Gasteiger partial charge in [0, 0.05) is 17.8 Å². The number of para-hydroxylation sites is 2. The van der Waals surface area contributed by atoms with Crippen molar-refractivity contribution in [2.24, 2.45) is 4.99 Å². The fourth-order valence-electron chi connectivity index (χ4n) is 5.16. The molecule has 3 aromatic carbocycles. The maximum Gasteiger partial charge on any atom is 0.271 e. The highest BCUT2D eigenvalue weighted by Gasteiger charge is 2.36. The van der Waals surface area contributed by atoms with Crippen LogP contribution in [0.2, 0.25) is 0 Å². The molecule has 2 amide bonds. The van der Waals surface area contributed by atoms with Crippen molar-refractivity contribution in [3.8, 4) is 0 Å². The zero-order chi connectivity index (χ0) is 27.3. The van der Waals surface area contributed by atoms with E-state index in [-0.39, 0.29) is 16.0 Å². The van der Waals surface area contributed by atoms with Crippen LogP contribution in [0.1, 0.15) is 31.0 Å². The van der Waals surface area contributed by atoms with Crippen molar-refractivity contribution >= 4 is 40.1 Å². The molecule has 9 heteroatoms. The summed E-state index contributed by atoms with van der Waals surface area (Å²) in [6, 6.07) is 21.2. The molecular weight excluding hydrogens is 515 g/mol. The van der Waals surface area contributed by atoms with E-state index in [9.17, 15) is 18.8 Å². The van der Waals surface area contributed by atoms with E-state index in [1.807, 2.05) is 37.3 Å². The molecule has 3 heterocycles. The Morgan fingerprint density at radius 3 is 2.41 bits per heavy atom. The summed E-state index contributed by atoms with van der Waals surface area (Å²) >= 11 is 1.12. The number of fused-ring (bicyclic) bond motifs is 2. The van der Waals surface area contributed by atoms with Crippen LogP contribution in [-0.4, -0.2) is 22.9 Å². The maximum absolute atomic E-state index is 14.1. The molecule has 0 spiro atoms. The molecule has 39 heavy (non-hydrogen) atoms. The Hall–Kier alpha value is -4.63. The van der Waals surface area contributed by atoms with E-state index in [2.05, 4.69) is 10.3 Å². The molecule has 7 nitrogen and oxygen atoms in total. The molecule has 1 aromatic heterocycles. The Morgan fingerprint density at radius 2 is 1.69 bits per heavy atom. The van der Waals surface area contributed by atoms with E-state index in [0.29, 0.717) is 39.4 Å². The third kappa shape index (κ3) is 4.02. The van der Waals surface area contributed by atoms with Gasteiger partial charge in [0.25, 0.3) is 17.4 Å². The highest BCUT2D eigenvalue weighted by molar-refractivity contribution is 7.07. The number of carbonyl (C=O) groups is 2. The van der Waals surface area contributed by atoms with Crippen molar-refractivity contribution < 1.29 is 14.0 Å². The second-order valence-corrected chi connectivity index (χ2v) is 10.2. The van der Waals surface area contributed by atoms with Crippen LogP contribution < -0.4 is 25.1 Å². The van der Waals surface area contributed by atoms with E-state index in [1.54, 1.807) is 48.2 Å². The minimum absolute atomic E-state index is 0.250. The number of rotatable bonds is 4. The molecular formula is C30H23FN4O3S. The summed E-state index contributed by atoms with van der Waals surface area (Å²) in [5, 5.41) is 2.89. The second kappa shape index (κ2) is 9.59. The minimum atomic E-state index is -0.867. The number of likely N-dealkylation sites (N-methyl/N-ethyl adjacent to an activating group) is 1. The zero-order valence-corrected chi connectivity index (χ0v) is 22.0. The lowest BCUT2D eigenvalue weighted by Crippen LogP contribution is -2.41. The van der Waals surface area contributed by atoms with Crippen LogP contribution in [0.4, 0.5) is 15.8 Å². The van der Waals surface area contributed by atoms with Crippen molar-refractivity contribution in [1.29, 1.82) is 0 Å². The SMILES string of the molecule is CCN1C(=O)/C(=c2/sc3n(c2=O)[C@H](c2ccc(F)cc2)C(C(=O)Nc2ccccc2)=C(C)N=3)c2ccccc21. The van der Waals surface area contributed by atoms with Gasteiger partial charge in [-0.25, -0.2) is 9.38 Å². The van der Waals surface area contributed by atoms with E-state index in [1.165, 1.54) is 16.7 Å². The van der Waals surface area contributed by atoms with Gasteiger partial charge >= 0.3 is 0 Å². The van der Waals surface area contributed by atoms with Crippen molar-refractivity contribution in [2.75, 3.05) is 16.8 Å². The average molecular weight is 539 g/mol. The molecule has 2 aliphatic heterocycles. The van der Waals surface area contributed by atoms with Crippen LogP contribution in [0.3, 0.4) is 0 Å². The number of benzene rings is 3. The second-order valence-electron chi connectivity index (χ2n) is 9.22. The first-order chi connectivity index (χ1) is 18.9. The maximum atomic E-state index is 14.1. The molecule has 0 fully saturated rings. The first-order valence-electron chi connectivity index (χ1n) is 12.5. The Bertz CT molecular complexity index is 1860. The summed E-state index contributed by atoms with van der Waals surface area (Å²) in [6.45, 7) is 4.05. The summed E-state index contributed by atoms with van der Waals surface area (Å²) in [7, 11) is 0. The molecule has 0 unspecified atom stereocenters. The highest BCUT2D eigenvalue weighted by atomic mass is 32.1. The molecule has 0 aliphatic carbocycles. The summed E-state index contributed by atoms with van der Waals surface area (Å²) in [6.07, 6.45) is 0. The number of thiazole rings is 1. The van der Waals surface area contributed by atoms with Gasteiger partial charge in [-0.15, -0.1) is 0 Å². The van der Waals surface area contributed by atoms with Crippen molar-refractivity contribution in [3.05, 3.63) is 127 Å². The largest absolute Gasteiger partial charge is 0.322 e. The van der Waals surface area contributed by atoms with Gasteiger partial charge in [0.1, 0.15) is 10.3 Å². The number of hydrogen-bond acceptors (Lipinski definition) is 5. The number of carbonyl (C=O) groups excluding carboxylic acids is 2. The quantitative estimate of drug-likeness (QED) is 0.430. The lowest BCUT2D eigenvalue weighted by Gasteiger charge is -2.25. The number of nitrogens with zero attached hydrogens (tertiary/aromatic N) is 3. The van der Waals surface area contributed by atoms with Crippen LogP contribution in [0.15, 0.2) is 99.9 Å². The fraction of sp³-hybridized carbons (Fsp3) is 0.133. The predicted molar refractivity (Wildman–Crippen MR) is 149 cm³/mol. The first kappa shape index (κ1) is 24.7. The Labute approximate surface area is 226 Å². The van der Waals surface area contributed by atoms with Gasteiger partial charge in [-0.05, 0) is 49.7 Å². The molecule has 0 saturated heterocycles. The molecule has 4 aromatic rings. The molecule has 0 saturated carbocycles. The van der Waals surface area contributed by atoms with Crippen LogP contribution in [0.25, 0.3) is 5.57 Å². The number of amides is 2. The van der Waals surface area contributed by atoms with E-state index < -0.39 is 23.3 Å². The lowest BCUT2D eigenvalue weighted by molar-refractivity contribution is -0.114. The molecule has 1 N–H and O–H groups in total. The van der Waals surface area contributed by atoms with Crippen molar-refractivity contribution in [3.63, 3.8) is 0 Å². The standard InChI is InChI=1S/C30H23FN4O3S/c1-3-34-22-12-8-7-11-21(22)24(28(34)37)26-29(38)35-25(18-13-15-19(31)16-14-18)23(17(2)32-30(35)39-26)27(36)33-20-9-5-4-6-10-20/h4-16,25H,3H2,1-2H3,(H,33,36)/b26-24+/t25-/m1/s1. The predicted octanol–water partition coefficient (Wildman–Crippen LogP) is 3.75. The molecule has 194 valence electrons. The van der Waals surface area contributed by atoms with Gasteiger partial charge in [-0.2, -0.15) is 0 Å². The van der Waals surface area contributed by atoms with Gasteiger partial charge in [0.2, 0.25) is 0 Å². The summed E-state index contributed by atoms with van der Waals surface area (Å²) in [4.78, 5) is 47.9. The van der Waals surface area contributed by atoms with Crippen LogP contribution in [0, 0.1) is 5.82 Å². The van der Waals surface area contributed by atoms with Crippen LogP contribution in [0.5, 0.6) is 0 Å². The number of allylic oxidation sites excluding steroid dienone is 1. The highest BCUT2D eigenvalue weighted by Crippen LogP contribution is 2.35. The molecule has 6 rings (SSSR count). The summed E-state index contributed by atoms with van der Waals surface area (Å²) in [5.74, 6) is -1.11. The van der Waals surface area contributed by atoms with E-state index in [4.69, 9.17) is 0 Å². The Balaban J connectivity index is 1.59. The topological polar surface area (TPSA) is 83.8 Å². The van der Waals surface area contributed by atoms with Crippen molar-refractivity contribution in [1.82, 2.24) is 4.57 Å². The number of aromatic nitrogens is 1. The van der Waals surface area contributed by atoms with Gasteiger partial charge in [0.05, 0.1) is 28.6 Å². The number of nitrogens with one attached hydrogen (secondary N) is 1.